The molecule has 0 unspecified atom stereocenters. The second kappa shape index (κ2) is 8.23. The molecule has 0 saturated carbocycles. The number of allylic oxidation sites excluding steroid dienone is 1. The lowest BCUT2D eigenvalue weighted by molar-refractivity contribution is -0.384. The number of nitrogens with zero attached hydrogens (tertiary/aromatic N) is 2. The fraction of sp³-hybridized carbons (Fsp3) is 0.0588. The zero-order chi connectivity index (χ0) is 16.5. The van der Waals surface area contributed by atoms with Crippen molar-refractivity contribution in [1.29, 1.82) is 0 Å². The van der Waals surface area contributed by atoms with Crippen LogP contribution in [-0.4, -0.2) is 17.0 Å². The maximum absolute atomic E-state index is 11.6. The van der Waals surface area contributed by atoms with Gasteiger partial charge in [0.15, 0.2) is 0 Å². The highest BCUT2D eigenvalue weighted by Crippen LogP contribution is 2.12. The predicted octanol–water partition coefficient (Wildman–Crippen LogP) is 2.95. The Hall–Kier alpha value is -3.28. The van der Waals surface area contributed by atoms with E-state index in [9.17, 15) is 14.9 Å². The first-order valence-corrected chi connectivity index (χ1v) is 6.92. The normalized spacial score (nSPS) is 11.0. The monoisotopic (exact) mass is 309 g/mol. The van der Waals surface area contributed by atoms with Crippen LogP contribution in [0.1, 0.15) is 11.1 Å². The highest BCUT2D eigenvalue weighted by molar-refractivity contribution is 5.82. The summed E-state index contributed by atoms with van der Waals surface area (Å²) in [6.07, 6.45) is 5.09. The van der Waals surface area contributed by atoms with Gasteiger partial charge in [0, 0.05) is 18.3 Å². The number of hydrogen-bond donors (Lipinski definition) is 1. The summed E-state index contributed by atoms with van der Waals surface area (Å²) in [5.74, 6) is -0.198. The summed E-state index contributed by atoms with van der Waals surface area (Å²) >= 11 is 0. The summed E-state index contributed by atoms with van der Waals surface area (Å²) in [5.41, 5.74) is 4.20. The zero-order valence-electron chi connectivity index (χ0n) is 12.3. The summed E-state index contributed by atoms with van der Waals surface area (Å²) in [6, 6.07) is 15.5. The Labute approximate surface area is 133 Å². The fourth-order valence-electron chi connectivity index (χ4n) is 1.83. The van der Waals surface area contributed by atoms with Crippen LogP contribution in [0.3, 0.4) is 0 Å². The van der Waals surface area contributed by atoms with Crippen molar-refractivity contribution >= 4 is 23.9 Å². The van der Waals surface area contributed by atoms with Gasteiger partial charge in [-0.05, 0) is 29.3 Å². The molecule has 116 valence electrons. The average Bonchev–Trinajstić information content (AvgIpc) is 2.56. The SMILES string of the molecule is O=C(Cc1ccccc1)NN=CC=Cc1ccc([N+](=O)[O-])cc1. The standard InChI is InChI=1S/C17H15N3O3/c21-17(13-15-5-2-1-3-6-15)19-18-12-4-7-14-8-10-16(11-9-14)20(22)23/h1-12H,13H2,(H,19,21). The van der Waals surface area contributed by atoms with E-state index in [-0.39, 0.29) is 18.0 Å². The van der Waals surface area contributed by atoms with Gasteiger partial charge in [0.2, 0.25) is 5.91 Å². The Bertz CT molecular complexity index is 723. The highest BCUT2D eigenvalue weighted by Gasteiger charge is 2.02. The Kier molecular flexibility index (Phi) is 5.76. The van der Waals surface area contributed by atoms with Crippen molar-refractivity contribution in [3.05, 3.63) is 81.9 Å². The van der Waals surface area contributed by atoms with Crippen LogP contribution in [0.2, 0.25) is 0 Å². The van der Waals surface area contributed by atoms with E-state index >= 15 is 0 Å². The summed E-state index contributed by atoms with van der Waals surface area (Å²) in [6.45, 7) is 0. The van der Waals surface area contributed by atoms with Crippen LogP contribution in [0.25, 0.3) is 6.08 Å². The van der Waals surface area contributed by atoms with Crippen LogP contribution < -0.4 is 5.43 Å². The third kappa shape index (κ3) is 5.55. The van der Waals surface area contributed by atoms with E-state index in [2.05, 4.69) is 10.5 Å². The lowest BCUT2D eigenvalue weighted by Crippen LogP contribution is -2.19. The van der Waals surface area contributed by atoms with Gasteiger partial charge in [-0.2, -0.15) is 5.10 Å². The average molecular weight is 309 g/mol. The number of carbonyl (C=O) groups is 1. The van der Waals surface area contributed by atoms with E-state index in [1.807, 2.05) is 30.3 Å². The quantitative estimate of drug-likeness (QED) is 0.506. The van der Waals surface area contributed by atoms with E-state index in [0.29, 0.717) is 0 Å². The number of amides is 1. The molecule has 23 heavy (non-hydrogen) atoms. The third-order valence-corrected chi connectivity index (χ3v) is 2.95. The van der Waals surface area contributed by atoms with Gasteiger partial charge in [-0.25, -0.2) is 5.43 Å². The van der Waals surface area contributed by atoms with E-state index in [1.54, 1.807) is 24.3 Å². The van der Waals surface area contributed by atoms with Crippen molar-refractivity contribution in [2.45, 2.75) is 6.42 Å². The van der Waals surface area contributed by atoms with E-state index in [0.717, 1.165) is 11.1 Å². The molecule has 2 aromatic rings. The van der Waals surface area contributed by atoms with Gasteiger partial charge in [0.05, 0.1) is 11.3 Å². The smallest absolute Gasteiger partial charge is 0.269 e. The Morgan fingerprint density at radius 1 is 1.13 bits per heavy atom. The van der Waals surface area contributed by atoms with Gasteiger partial charge in [0.1, 0.15) is 0 Å². The van der Waals surface area contributed by atoms with Crippen LogP contribution in [0, 0.1) is 10.1 Å². The van der Waals surface area contributed by atoms with Crippen LogP contribution >= 0.6 is 0 Å². The van der Waals surface area contributed by atoms with Gasteiger partial charge in [-0.3, -0.25) is 14.9 Å². The number of nitrogens with one attached hydrogen (secondary N) is 1. The molecular weight excluding hydrogens is 294 g/mol. The number of hydrogen-bond acceptors (Lipinski definition) is 4. The van der Waals surface area contributed by atoms with E-state index in [4.69, 9.17) is 0 Å². The molecule has 0 heterocycles. The minimum atomic E-state index is -0.447. The second-order valence-electron chi connectivity index (χ2n) is 4.68. The largest absolute Gasteiger partial charge is 0.273 e. The highest BCUT2D eigenvalue weighted by atomic mass is 16.6. The number of non-ortho nitro benzene ring substituents is 1. The van der Waals surface area contributed by atoms with Gasteiger partial charge < -0.3 is 0 Å². The molecule has 0 radical (unpaired) electrons. The number of hydrazone groups is 1. The van der Waals surface area contributed by atoms with Crippen molar-refractivity contribution in [1.82, 2.24) is 5.43 Å². The van der Waals surface area contributed by atoms with E-state index in [1.165, 1.54) is 18.3 Å². The van der Waals surface area contributed by atoms with Gasteiger partial charge in [-0.1, -0.05) is 36.4 Å². The van der Waals surface area contributed by atoms with Gasteiger partial charge >= 0.3 is 0 Å². The van der Waals surface area contributed by atoms with Crippen molar-refractivity contribution in [2.24, 2.45) is 5.10 Å². The molecule has 6 nitrogen and oxygen atoms in total. The molecule has 1 N–H and O–H groups in total. The number of nitro groups is 1. The molecule has 2 rings (SSSR count). The Morgan fingerprint density at radius 3 is 2.48 bits per heavy atom. The molecular formula is C17H15N3O3. The van der Waals surface area contributed by atoms with Gasteiger partial charge in [0.25, 0.3) is 5.69 Å². The molecule has 0 aliphatic rings. The van der Waals surface area contributed by atoms with E-state index < -0.39 is 4.92 Å². The van der Waals surface area contributed by atoms with Crippen LogP contribution in [0.5, 0.6) is 0 Å². The maximum atomic E-state index is 11.6. The number of carbonyl (C=O) groups excluding carboxylic acids is 1. The minimum absolute atomic E-state index is 0.0454. The van der Waals surface area contributed by atoms with Crippen LogP contribution in [0.4, 0.5) is 5.69 Å². The molecule has 0 atom stereocenters. The molecule has 2 aromatic carbocycles. The summed E-state index contributed by atoms with van der Waals surface area (Å²) in [7, 11) is 0. The molecule has 0 aliphatic heterocycles. The van der Waals surface area contributed by atoms with Crippen molar-refractivity contribution in [2.75, 3.05) is 0 Å². The summed E-state index contributed by atoms with van der Waals surface area (Å²) in [4.78, 5) is 21.7. The first kappa shape index (κ1) is 16.1. The zero-order valence-corrected chi connectivity index (χ0v) is 12.3. The third-order valence-electron chi connectivity index (χ3n) is 2.95. The summed E-state index contributed by atoms with van der Waals surface area (Å²) < 4.78 is 0. The molecule has 0 fully saturated rings. The Morgan fingerprint density at radius 2 is 1.83 bits per heavy atom. The Balaban J connectivity index is 1.79. The molecule has 0 aromatic heterocycles. The summed E-state index contributed by atoms with van der Waals surface area (Å²) in [5, 5.41) is 14.3. The van der Waals surface area contributed by atoms with Crippen molar-refractivity contribution < 1.29 is 9.72 Å². The molecule has 6 heteroatoms. The molecule has 0 spiro atoms. The molecule has 0 bridgehead atoms. The molecule has 1 amide bonds. The minimum Gasteiger partial charge on any atom is -0.273 e. The maximum Gasteiger partial charge on any atom is 0.269 e. The van der Waals surface area contributed by atoms with Crippen LogP contribution in [0.15, 0.2) is 65.8 Å². The van der Waals surface area contributed by atoms with Gasteiger partial charge in [-0.15, -0.1) is 0 Å². The first-order chi connectivity index (χ1) is 11.1. The van der Waals surface area contributed by atoms with Crippen molar-refractivity contribution in [3.8, 4) is 0 Å². The topological polar surface area (TPSA) is 84.6 Å². The molecule has 0 aliphatic carbocycles. The first-order valence-electron chi connectivity index (χ1n) is 6.92. The molecule has 0 saturated heterocycles. The lowest BCUT2D eigenvalue weighted by Gasteiger charge is -1.99. The fourth-order valence-corrected chi connectivity index (χ4v) is 1.83. The lowest BCUT2D eigenvalue weighted by atomic mass is 10.1. The number of rotatable bonds is 6. The second-order valence-corrected chi connectivity index (χ2v) is 4.68. The predicted molar refractivity (Wildman–Crippen MR) is 88.9 cm³/mol. The van der Waals surface area contributed by atoms with Crippen LogP contribution in [-0.2, 0) is 11.2 Å². The van der Waals surface area contributed by atoms with Crippen molar-refractivity contribution in [3.63, 3.8) is 0 Å². The number of benzene rings is 2. The number of nitro benzene ring substituents is 1.